The van der Waals surface area contributed by atoms with E-state index in [1.807, 2.05) is 26.8 Å². The number of carbonyl (C=O) groups is 1. The Bertz CT molecular complexity index is 665. The highest BCUT2D eigenvalue weighted by molar-refractivity contribution is 5.66. The molecule has 1 heterocycles. The molecule has 2 fully saturated rings. The molecule has 0 aromatic rings. The molecule has 146 valence electrons. The van der Waals surface area contributed by atoms with Crippen LogP contribution >= 0.6 is 0 Å². The highest BCUT2D eigenvalue weighted by Crippen LogP contribution is 2.59. The molecule has 0 unspecified atom stereocenters. The second-order valence-electron chi connectivity index (χ2n) is 8.39. The standard InChI is InChI=1S/C20H28F2O4/c1-10-9-15-14(12(3)18(21)22)8-7-11(2)20(15)17(16(10)24-13(4)23)25-19(5,6)26-20/h9,11,14-17H,7-8H2,1-6H3/t11-,14-,15-,16+,17-,20-/m0/s1. The van der Waals surface area contributed by atoms with E-state index < -0.39 is 35.6 Å². The maximum atomic E-state index is 13.4. The van der Waals surface area contributed by atoms with E-state index in [1.165, 1.54) is 13.8 Å². The quantitative estimate of drug-likeness (QED) is 0.526. The summed E-state index contributed by atoms with van der Waals surface area (Å²) >= 11 is 0. The predicted octanol–water partition coefficient (Wildman–Crippen LogP) is 4.60. The van der Waals surface area contributed by atoms with Crippen molar-refractivity contribution in [2.75, 3.05) is 0 Å². The molecule has 2 aliphatic carbocycles. The van der Waals surface area contributed by atoms with Crippen LogP contribution in [0.2, 0.25) is 0 Å². The van der Waals surface area contributed by atoms with Crippen LogP contribution in [-0.4, -0.2) is 29.6 Å². The zero-order valence-electron chi connectivity index (χ0n) is 16.3. The van der Waals surface area contributed by atoms with Crippen molar-refractivity contribution in [3.8, 4) is 0 Å². The van der Waals surface area contributed by atoms with Gasteiger partial charge in [0.25, 0.3) is 6.08 Å². The van der Waals surface area contributed by atoms with Gasteiger partial charge in [-0.05, 0) is 63.5 Å². The fourth-order valence-electron chi connectivity index (χ4n) is 5.14. The molecular formula is C20H28F2O4. The SMILES string of the molecule is CC(=O)O[C@@H]1C(C)=C[C@H]2[C@H](C(C)=C(F)F)CC[C@H](C)[C@]23OC(C)(C)O[C@@H]13. The molecular weight excluding hydrogens is 342 g/mol. The van der Waals surface area contributed by atoms with Gasteiger partial charge in [0.1, 0.15) is 11.7 Å². The van der Waals surface area contributed by atoms with Crippen molar-refractivity contribution in [3.63, 3.8) is 0 Å². The Balaban J connectivity index is 2.15. The second kappa shape index (κ2) is 6.41. The van der Waals surface area contributed by atoms with Crippen LogP contribution in [-0.2, 0) is 19.0 Å². The van der Waals surface area contributed by atoms with Gasteiger partial charge in [0.15, 0.2) is 11.9 Å². The van der Waals surface area contributed by atoms with Gasteiger partial charge in [-0.15, -0.1) is 0 Å². The van der Waals surface area contributed by atoms with Crippen molar-refractivity contribution in [1.29, 1.82) is 0 Å². The van der Waals surface area contributed by atoms with Gasteiger partial charge in [0.2, 0.25) is 0 Å². The Morgan fingerprint density at radius 1 is 1.27 bits per heavy atom. The van der Waals surface area contributed by atoms with E-state index in [0.29, 0.717) is 6.42 Å². The minimum atomic E-state index is -1.62. The van der Waals surface area contributed by atoms with Crippen LogP contribution < -0.4 is 0 Å². The lowest BCUT2D eigenvalue weighted by atomic mass is 9.56. The number of rotatable bonds is 2. The van der Waals surface area contributed by atoms with Crippen molar-refractivity contribution in [2.45, 2.75) is 78.0 Å². The van der Waals surface area contributed by atoms with Gasteiger partial charge in [-0.2, -0.15) is 8.78 Å². The lowest BCUT2D eigenvalue weighted by Crippen LogP contribution is -2.62. The first-order chi connectivity index (χ1) is 12.0. The summed E-state index contributed by atoms with van der Waals surface area (Å²) in [6.07, 6.45) is 0.705. The van der Waals surface area contributed by atoms with Crippen molar-refractivity contribution in [2.24, 2.45) is 17.8 Å². The first-order valence-corrected chi connectivity index (χ1v) is 9.25. The molecule has 0 amide bonds. The Hall–Kier alpha value is -1.27. The number of esters is 1. The average molecular weight is 370 g/mol. The Labute approximate surface area is 153 Å². The summed E-state index contributed by atoms with van der Waals surface area (Å²) in [5.41, 5.74) is 0.157. The minimum absolute atomic E-state index is 0.0911. The summed E-state index contributed by atoms with van der Waals surface area (Å²) in [6.45, 7) is 10.5. The molecule has 1 saturated heterocycles. The maximum absolute atomic E-state index is 13.4. The number of halogens is 2. The lowest BCUT2D eigenvalue weighted by molar-refractivity contribution is -0.193. The Kier molecular flexibility index (Phi) is 4.81. The van der Waals surface area contributed by atoms with E-state index in [9.17, 15) is 13.6 Å². The fourth-order valence-corrected chi connectivity index (χ4v) is 5.14. The summed E-state index contributed by atoms with van der Waals surface area (Å²) in [4.78, 5) is 11.7. The van der Waals surface area contributed by atoms with Crippen molar-refractivity contribution >= 4 is 5.97 Å². The van der Waals surface area contributed by atoms with Gasteiger partial charge < -0.3 is 14.2 Å². The van der Waals surface area contributed by atoms with Gasteiger partial charge in [-0.25, -0.2) is 0 Å². The van der Waals surface area contributed by atoms with Crippen LogP contribution in [0.15, 0.2) is 23.3 Å². The molecule has 1 saturated carbocycles. The maximum Gasteiger partial charge on any atom is 0.303 e. The Morgan fingerprint density at radius 2 is 1.92 bits per heavy atom. The van der Waals surface area contributed by atoms with Crippen molar-refractivity contribution < 1.29 is 27.8 Å². The molecule has 0 aromatic heterocycles. The third-order valence-electron chi connectivity index (χ3n) is 6.23. The van der Waals surface area contributed by atoms with E-state index >= 15 is 0 Å². The lowest BCUT2D eigenvalue weighted by Gasteiger charge is -2.54. The van der Waals surface area contributed by atoms with Crippen LogP contribution in [0.1, 0.15) is 54.4 Å². The fraction of sp³-hybridized carbons (Fsp3) is 0.750. The van der Waals surface area contributed by atoms with Gasteiger partial charge >= 0.3 is 5.97 Å². The third-order valence-corrected chi connectivity index (χ3v) is 6.23. The molecule has 1 aliphatic heterocycles. The summed E-state index contributed by atoms with van der Waals surface area (Å²) < 4.78 is 45.1. The molecule has 26 heavy (non-hydrogen) atoms. The molecule has 0 aromatic carbocycles. The Morgan fingerprint density at radius 3 is 2.50 bits per heavy atom. The van der Waals surface area contributed by atoms with E-state index in [4.69, 9.17) is 14.2 Å². The smallest absolute Gasteiger partial charge is 0.303 e. The summed E-state index contributed by atoms with van der Waals surface area (Å²) in [5.74, 6) is -1.73. The largest absolute Gasteiger partial charge is 0.455 e. The van der Waals surface area contributed by atoms with Gasteiger partial charge in [-0.3, -0.25) is 4.79 Å². The highest BCUT2D eigenvalue weighted by atomic mass is 19.3. The topological polar surface area (TPSA) is 44.8 Å². The van der Waals surface area contributed by atoms with Crippen LogP contribution in [0, 0.1) is 17.8 Å². The normalized spacial score (nSPS) is 40.9. The number of allylic oxidation sites excluding steroid dienone is 1. The van der Waals surface area contributed by atoms with E-state index in [1.54, 1.807) is 0 Å². The monoisotopic (exact) mass is 370 g/mol. The molecule has 6 atom stereocenters. The van der Waals surface area contributed by atoms with E-state index in [-0.39, 0.29) is 23.3 Å². The predicted molar refractivity (Wildman–Crippen MR) is 92.4 cm³/mol. The van der Waals surface area contributed by atoms with E-state index in [2.05, 4.69) is 6.92 Å². The molecule has 0 radical (unpaired) electrons. The van der Waals surface area contributed by atoms with Crippen LogP contribution in [0.4, 0.5) is 8.78 Å². The van der Waals surface area contributed by atoms with Gasteiger partial charge in [0, 0.05) is 12.8 Å². The molecule has 3 rings (SSSR count). The van der Waals surface area contributed by atoms with Crippen LogP contribution in [0.25, 0.3) is 0 Å². The average Bonchev–Trinajstić information content (AvgIpc) is 2.81. The van der Waals surface area contributed by atoms with Crippen LogP contribution in [0.3, 0.4) is 0 Å². The van der Waals surface area contributed by atoms with Crippen molar-refractivity contribution in [3.05, 3.63) is 23.3 Å². The second-order valence-corrected chi connectivity index (χ2v) is 8.39. The van der Waals surface area contributed by atoms with Crippen LogP contribution in [0.5, 0.6) is 0 Å². The number of hydrogen-bond donors (Lipinski definition) is 0. The minimum Gasteiger partial charge on any atom is -0.455 e. The molecule has 0 bridgehead atoms. The molecule has 6 heteroatoms. The zero-order valence-corrected chi connectivity index (χ0v) is 16.3. The summed E-state index contributed by atoms with van der Waals surface area (Å²) in [5, 5.41) is 0. The first-order valence-electron chi connectivity index (χ1n) is 9.25. The van der Waals surface area contributed by atoms with E-state index in [0.717, 1.165) is 12.0 Å². The van der Waals surface area contributed by atoms with Gasteiger partial charge in [-0.1, -0.05) is 13.0 Å². The van der Waals surface area contributed by atoms with Gasteiger partial charge in [0.05, 0.1) is 0 Å². The van der Waals surface area contributed by atoms with Crippen molar-refractivity contribution in [1.82, 2.24) is 0 Å². The molecule has 3 aliphatic rings. The number of ether oxygens (including phenoxy) is 3. The summed E-state index contributed by atoms with van der Waals surface area (Å²) in [6, 6.07) is 0. The third kappa shape index (κ3) is 2.91. The summed E-state index contributed by atoms with van der Waals surface area (Å²) in [7, 11) is 0. The molecule has 0 N–H and O–H groups in total. The zero-order chi connectivity index (χ0) is 19.4. The first kappa shape index (κ1) is 19.5. The molecule has 4 nitrogen and oxygen atoms in total. The molecule has 1 spiro atoms. The number of hydrogen-bond acceptors (Lipinski definition) is 4. The number of carbonyl (C=O) groups excluding carboxylic acids is 1. The highest BCUT2D eigenvalue weighted by Gasteiger charge is 2.67.